The largest absolute Gasteiger partial charge is 0.367 e. The lowest BCUT2D eigenvalue weighted by Crippen LogP contribution is -2.52. The molecule has 2 rings (SSSR count). The number of hydrogen-bond donors (Lipinski definition) is 1. The van der Waals surface area contributed by atoms with E-state index in [9.17, 15) is 0 Å². The zero-order valence-electron chi connectivity index (χ0n) is 12.1. The van der Waals surface area contributed by atoms with Crippen LogP contribution in [0.25, 0.3) is 0 Å². The van der Waals surface area contributed by atoms with Crippen LogP contribution < -0.4 is 10.2 Å². The Kier molecular flexibility index (Phi) is 5.49. The fourth-order valence-electron chi connectivity index (χ4n) is 2.26. The van der Waals surface area contributed by atoms with E-state index in [2.05, 4.69) is 35.0 Å². The zero-order valence-corrected chi connectivity index (χ0v) is 13.7. The quantitative estimate of drug-likeness (QED) is 0.865. The average Bonchev–Trinajstić information content (AvgIpc) is 2.45. The molecule has 0 atom stereocenters. The van der Waals surface area contributed by atoms with Crippen LogP contribution in [0.1, 0.15) is 13.8 Å². The third-order valence-electron chi connectivity index (χ3n) is 3.42. The number of halogens is 1. The second-order valence-corrected chi connectivity index (χ2v) is 6.30. The van der Waals surface area contributed by atoms with Crippen molar-refractivity contribution in [2.24, 2.45) is 5.92 Å². The van der Waals surface area contributed by atoms with Crippen molar-refractivity contribution in [3.63, 3.8) is 0 Å². The van der Waals surface area contributed by atoms with Crippen molar-refractivity contribution in [1.29, 1.82) is 0 Å². The fraction of sp³-hybridized carbons (Fsp3) is 0.533. The molecule has 1 aromatic rings. The Bertz CT molecular complexity index is 456. The normalized spacial score (nSPS) is 15.6. The number of rotatable bonds is 3. The molecule has 0 amide bonds. The summed E-state index contributed by atoms with van der Waals surface area (Å²) in [5.74, 6) is 0.609. The molecule has 0 aliphatic carbocycles. The summed E-state index contributed by atoms with van der Waals surface area (Å²) in [7, 11) is 0. The maximum atomic E-state index is 6.25. The first-order valence-electron chi connectivity index (χ1n) is 7.10. The van der Waals surface area contributed by atoms with Gasteiger partial charge in [0, 0.05) is 32.7 Å². The number of nitrogens with one attached hydrogen (secondary N) is 1. The van der Waals surface area contributed by atoms with Gasteiger partial charge in [-0.2, -0.15) is 0 Å². The van der Waals surface area contributed by atoms with Gasteiger partial charge in [0.05, 0.1) is 10.7 Å². The fourth-order valence-corrected chi connectivity index (χ4v) is 2.78. The van der Waals surface area contributed by atoms with E-state index in [-0.39, 0.29) is 0 Å². The molecule has 5 heteroatoms. The molecule has 0 radical (unpaired) electrons. The molecule has 1 saturated heterocycles. The molecular weight excluding hydrogens is 290 g/mol. The minimum atomic E-state index is 0.609. The number of benzene rings is 1. The van der Waals surface area contributed by atoms with Gasteiger partial charge in [0.15, 0.2) is 5.11 Å². The van der Waals surface area contributed by atoms with E-state index in [0.717, 1.165) is 48.5 Å². The van der Waals surface area contributed by atoms with Crippen LogP contribution in [0.3, 0.4) is 0 Å². The summed E-state index contributed by atoms with van der Waals surface area (Å²) in [5.41, 5.74) is 1.12. The van der Waals surface area contributed by atoms with E-state index in [4.69, 9.17) is 23.8 Å². The van der Waals surface area contributed by atoms with Gasteiger partial charge < -0.3 is 15.1 Å². The highest BCUT2D eigenvalue weighted by atomic mass is 35.5. The number of para-hydroxylation sites is 1. The first kappa shape index (κ1) is 15.4. The molecule has 3 nitrogen and oxygen atoms in total. The smallest absolute Gasteiger partial charge is 0.169 e. The van der Waals surface area contributed by atoms with Crippen molar-refractivity contribution >= 4 is 34.6 Å². The lowest BCUT2D eigenvalue weighted by atomic mass is 10.2. The highest BCUT2D eigenvalue weighted by Gasteiger charge is 2.20. The second kappa shape index (κ2) is 7.14. The maximum Gasteiger partial charge on any atom is 0.169 e. The van der Waals surface area contributed by atoms with E-state index >= 15 is 0 Å². The molecule has 1 aliphatic rings. The van der Waals surface area contributed by atoms with E-state index in [0.29, 0.717) is 5.92 Å². The molecule has 1 fully saturated rings. The molecule has 1 aliphatic heterocycles. The standard InChI is InChI=1S/C15H22ClN3S/c1-12(2)11-17-15(20)19-9-7-18(8-10-19)14-6-4-3-5-13(14)16/h3-6,12H,7-11H2,1-2H3,(H,17,20). The van der Waals surface area contributed by atoms with Gasteiger partial charge in [-0.15, -0.1) is 0 Å². The van der Waals surface area contributed by atoms with Crippen LogP contribution in [0.2, 0.25) is 5.02 Å². The average molecular weight is 312 g/mol. The number of thiocarbonyl (C=S) groups is 1. The molecular formula is C15H22ClN3S. The highest BCUT2D eigenvalue weighted by Crippen LogP contribution is 2.25. The van der Waals surface area contributed by atoms with Crippen LogP contribution in [0, 0.1) is 5.92 Å². The van der Waals surface area contributed by atoms with Gasteiger partial charge in [-0.3, -0.25) is 0 Å². The van der Waals surface area contributed by atoms with E-state index < -0.39 is 0 Å². The first-order chi connectivity index (χ1) is 9.58. The summed E-state index contributed by atoms with van der Waals surface area (Å²) in [6, 6.07) is 8.01. The molecule has 0 bridgehead atoms. The third-order valence-corrected chi connectivity index (χ3v) is 4.14. The Morgan fingerprint density at radius 1 is 1.25 bits per heavy atom. The van der Waals surface area contributed by atoms with E-state index in [1.807, 2.05) is 18.2 Å². The van der Waals surface area contributed by atoms with Crippen molar-refractivity contribution in [3.05, 3.63) is 29.3 Å². The minimum Gasteiger partial charge on any atom is -0.367 e. The van der Waals surface area contributed by atoms with Gasteiger partial charge in [-0.25, -0.2) is 0 Å². The van der Waals surface area contributed by atoms with Crippen LogP contribution in [-0.4, -0.2) is 42.7 Å². The summed E-state index contributed by atoms with van der Waals surface area (Å²) in [5, 5.41) is 5.02. The predicted octanol–water partition coefficient (Wildman–Crippen LogP) is 2.99. The zero-order chi connectivity index (χ0) is 14.5. The topological polar surface area (TPSA) is 18.5 Å². The Hall–Kier alpha value is -1.00. The summed E-state index contributed by atoms with van der Waals surface area (Å²) < 4.78 is 0. The van der Waals surface area contributed by atoms with Crippen LogP contribution >= 0.6 is 23.8 Å². The number of piperazine rings is 1. The highest BCUT2D eigenvalue weighted by molar-refractivity contribution is 7.80. The Labute approximate surface area is 131 Å². The maximum absolute atomic E-state index is 6.25. The Balaban J connectivity index is 1.86. The summed E-state index contributed by atoms with van der Waals surface area (Å²) >= 11 is 11.7. The molecule has 20 heavy (non-hydrogen) atoms. The van der Waals surface area contributed by atoms with Crippen LogP contribution in [0.5, 0.6) is 0 Å². The molecule has 110 valence electrons. The first-order valence-corrected chi connectivity index (χ1v) is 7.89. The molecule has 0 aromatic heterocycles. The third kappa shape index (κ3) is 4.00. The number of nitrogens with zero attached hydrogens (tertiary/aromatic N) is 2. The minimum absolute atomic E-state index is 0.609. The number of hydrogen-bond acceptors (Lipinski definition) is 2. The molecule has 0 spiro atoms. The molecule has 1 aromatic carbocycles. The second-order valence-electron chi connectivity index (χ2n) is 5.51. The van der Waals surface area contributed by atoms with Crippen LogP contribution in [0.4, 0.5) is 5.69 Å². The van der Waals surface area contributed by atoms with Gasteiger partial charge in [0.25, 0.3) is 0 Å². The van der Waals surface area contributed by atoms with Gasteiger partial charge >= 0.3 is 0 Å². The van der Waals surface area contributed by atoms with Gasteiger partial charge in [0.1, 0.15) is 0 Å². The lowest BCUT2D eigenvalue weighted by molar-refractivity contribution is 0.378. The van der Waals surface area contributed by atoms with Gasteiger partial charge in [-0.05, 0) is 30.3 Å². The van der Waals surface area contributed by atoms with E-state index in [1.165, 1.54) is 0 Å². The Morgan fingerprint density at radius 3 is 2.50 bits per heavy atom. The van der Waals surface area contributed by atoms with Crippen molar-refractivity contribution in [2.75, 3.05) is 37.6 Å². The van der Waals surface area contributed by atoms with E-state index in [1.54, 1.807) is 0 Å². The monoisotopic (exact) mass is 311 g/mol. The van der Waals surface area contributed by atoms with Crippen LogP contribution in [-0.2, 0) is 0 Å². The summed E-state index contributed by atoms with van der Waals surface area (Å²) in [4.78, 5) is 4.56. The summed E-state index contributed by atoms with van der Waals surface area (Å²) in [6.45, 7) is 9.09. The van der Waals surface area contributed by atoms with Gasteiger partial charge in [0.2, 0.25) is 0 Å². The van der Waals surface area contributed by atoms with Crippen molar-refractivity contribution in [3.8, 4) is 0 Å². The Morgan fingerprint density at radius 2 is 1.90 bits per heavy atom. The summed E-state index contributed by atoms with van der Waals surface area (Å²) in [6.07, 6.45) is 0. The van der Waals surface area contributed by atoms with Crippen molar-refractivity contribution in [2.45, 2.75) is 13.8 Å². The van der Waals surface area contributed by atoms with Crippen molar-refractivity contribution < 1.29 is 0 Å². The number of anilines is 1. The predicted molar refractivity (Wildman–Crippen MR) is 90.7 cm³/mol. The van der Waals surface area contributed by atoms with Crippen molar-refractivity contribution in [1.82, 2.24) is 10.2 Å². The van der Waals surface area contributed by atoms with Gasteiger partial charge in [-0.1, -0.05) is 37.6 Å². The molecule has 1 heterocycles. The SMILES string of the molecule is CC(C)CNC(=S)N1CCN(c2ccccc2Cl)CC1. The molecule has 1 N–H and O–H groups in total. The lowest BCUT2D eigenvalue weighted by Gasteiger charge is -2.37. The molecule has 0 saturated carbocycles. The van der Waals surface area contributed by atoms with Crippen LogP contribution in [0.15, 0.2) is 24.3 Å². The molecule has 0 unspecified atom stereocenters.